The van der Waals surface area contributed by atoms with Crippen LogP contribution in [0.4, 0.5) is 10.5 Å². The lowest BCUT2D eigenvalue weighted by Crippen LogP contribution is -2.52. The van der Waals surface area contributed by atoms with Gasteiger partial charge in [0, 0.05) is 32.1 Å². The number of anilines is 1. The molecule has 3 rings (SSSR count). The summed E-state index contributed by atoms with van der Waals surface area (Å²) in [6.45, 7) is 9.92. The van der Waals surface area contributed by atoms with Crippen LogP contribution in [0.2, 0.25) is 5.02 Å². The first-order valence-electron chi connectivity index (χ1n) is 10.3. The topological polar surface area (TPSA) is 100 Å². The van der Waals surface area contributed by atoms with Gasteiger partial charge in [-0.2, -0.15) is 0 Å². The number of hydrogen-bond acceptors (Lipinski definition) is 7. The fourth-order valence-electron chi connectivity index (χ4n) is 3.83. The summed E-state index contributed by atoms with van der Waals surface area (Å²) in [5.74, 6) is -0.148. The summed E-state index contributed by atoms with van der Waals surface area (Å²) < 4.78 is 22.7. The molecular formula is C22H31ClN2O6. The molecule has 0 bridgehead atoms. The monoisotopic (exact) mass is 454 g/mol. The van der Waals surface area contributed by atoms with E-state index in [4.69, 9.17) is 36.3 Å². The Balaban J connectivity index is 1.74. The highest BCUT2D eigenvalue weighted by atomic mass is 35.5. The zero-order valence-electron chi connectivity index (χ0n) is 18.9. The minimum atomic E-state index is -0.592. The number of rotatable bonds is 3. The standard InChI is InChI=1S/C22H31ClN2O6/c1-21(2,3)31-20(27)25-8-7-15(16(11-25)28-6)29-19(26)12-9-14(23)17(24)13-10-22(4,5)30-18(12)13/h9,15-16H,7-8,10-11,24H2,1-6H3/t15-,16+/m0/s1. The summed E-state index contributed by atoms with van der Waals surface area (Å²) in [4.78, 5) is 27.0. The Labute approximate surface area is 187 Å². The lowest BCUT2D eigenvalue weighted by atomic mass is 9.98. The summed E-state index contributed by atoms with van der Waals surface area (Å²) in [6, 6.07) is 1.48. The highest BCUT2D eigenvalue weighted by molar-refractivity contribution is 6.33. The van der Waals surface area contributed by atoms with Crippen LogP contribution < -0.4 is 10.5 Å². The van der Waals surface area contributed by atoms with E-state index >= 15 is 0 Å². The summed E-state index contributed by atoms with van der Waals surface area (Å²) in [6.07, 6.45) is -0.472. The number of carbonyl (C=O) groups is 2. The second kappa shape index (κ2) is 8.39. The van der Waals surface area contributed by atoms with E-state index in [-0.39, 0.29) is 17.1 Å². The summed E-state index contributed by atoms with van der Waals surface area (Å²) in [7, 11) is 1.52. The van der Waals surface area contributed by atoms with Crippen LogP contribution in [-0.2, 0) is 20.6 Å². The smallest absolute Gasteiger partial charge is 0.410 e. The van der Waals surface area contributed by atoms with Crippen LogP contribution in [0.25, 0.3) is 0 Å². The molecule has 1 saturated heterocycles. The van der Waals surface area contributed by atoms with Crippen molar-refractivity contribution in [3.8, 4) is 5.75 Å². The van der Waals surface area contributed by atoms with Crippen molar-refractivity contribution < 1.29 is 28.5 Å². The number of carbonyl (C=O) groups excluding carboxylic acids is 2. The highest BCUT2D eigenvalue weighted by Gasteiger charge is 2.39. The van der Waals surface area contributed by atoms with Gasteiger partial charge in [-0.1, -0.05) is 11.6 Å². The molecule has 2 heterocycles. The van der Waals surface area contributed by atoms with E-state index in [0.29, 0.717) is 36.4 Å². The van der Waals surface area contributed by atoms with Crippen LogP contribution in [0.15, 0.2) is 6.07 Å². The van der Waals surface area contributed by atoms with Crippen molar-refractivity contribution in [3.63, 3.8) is 0 Å². The molecule has 0 unspecified atom stereocenters. The van der Waals surface area contributed by atoms with Crippen LogP contribution >= 0.6 is 11.6 Å². The van der Waals surface area contributed by atoms with E-state index in [1.807, 2.05) is 34.6 Å². The number of nitrogens with zero attached hydrogens (tertiary/aromatic N) is 1. The van der Waals surface area contributed by atoms with E-state index in [1.54, 1.807) is 4.90 Å². The van der Waals surface area contributed by atoms with Crippen molar-refractivity contribution in [2.45, 2.75) is 70.9 Å². The second-order valence-corrected chi connectivity index (χ2v) is 10.0. The summed E-state index contributed by atoms with van der Waals surface area (Å²) in [5.41, 5.74) is 6.39. The maximum atomic E-state index is 13.0. The van der Waals surface area contributed by atoms with Crippen LogP contribution in [0.5, 0.6) is 5.75 Å². The Hall–Kier alpha value is -2.19. The minimum Gasteiger partial charge on any atom is -0.486 e. The van der Waals surface area contributed by atoms with E-state index in [2.05, 4.69) is 0 Å². The molecule has 1 aromatic carbocycles. The van der Waals surface area contributed by atoms with E-state index < -0.39 is 35.5 Å². The molecule has 0 saturated carbocycles. The molecule has 1 fully saturated rings. The molecule has 2 N–H and O–H groups in total. The first-order chi connectivity index (χ1) is 14.3. The number of methoxy groups -OCH3 is 1. The average molecular weight is 455 g/mol. The fourth-order valence-corrected chi connectivity index (χ4v) is 4.05. The number of amides is 1. The molecule has 2 aliphatic heterocycles. The molecule has 31 heavy (non-hydrogen) atoms. The Bertz CT molecular complexity index is 880. The van der Waals surface area contributed by atoms with Crippen LogP contribution in [0, 0.1) is 0 Å². The predicted molar refractivity (Wildman–Crippen MR) is 117 cm³/mol. The van der Waals surface area contributed by atoms with Gasteiger partial charge < -0.3 is 29.6 Å². The third-order valence-electron chi connectivity index (χ3n) is 5.28. The van der Waals surface area contributed by atoms with E-state index in [0.717, 1.165) is 0 Å². The SMILES string of the molecule is CO[C@@H]1CN(C(=O)OC(C)(C)C)CC[C@@H]1OC(=O)c1cc(Cl)c(N)c2c1OC(C)(C)C2. The number of ether oxygens (including phenoxy) is 4. The Kier molecular flexibility index (Phi) is 6.35. The van der Waals surface area contributed by atoms with Crippen molar-refractivity contribution in [1.82, 2.24) is 4.90 Å². The molecule has 1 amide bonds. The molecule has 2 aliphatic rings. The molecule has 2 atom stereocenters. The Morgan fingerprint density at radius 1 is 1.29 bits per heavy atom. The maximum absolute atomic E-state index is 13.0. The van der Waals surface area contributed by atoms with Crippen molar-refractivity contribution in [2.24, 2.45) is 0 Å². The van der Waals surface area contributed by atoms with E-state index in [9.17, 15) is 9.59 Å². The van der Waals surface area contributed by atoms with Crippen LogP contribution in [-0.4, -0.2) is 60.6 Å². The molecule has 0 spiro atoms. The Morgan fingerprint density at radius 3 is 2.58 bits per heavy atom. The van der Waals surface area contributed by atoms with Crippen molar-refractivity contribution in [3.05, 3.63) is 22.2 Å². The average Bonchev–Trinajstić information content (AvgIpc) is 2.99. The molecule has 0 aromatic heterocycles. The van der Waals surface area contributed by atoms with Crippen molar-refractivity contribution in [2.75, 3.05) is 25.9 Å². The molecular weight excluding hydrogens is 424 g/mol. The van der Waals surface area contributed by atoms with Gasteiger partial charge in [0.2, 0.25) is 0 Å². The minimum absolute atomic E-state index is 0.240. The normalized spacial score (nSPS) is 22.5. The molecule has 8 nitrogen and oxygen atoms in total. The van der Waals surface area contributed by atoms with Crippen LogP contribution in [0.3, 0.4) is 0 Å². The lowest BCUT2D eigenvalue weighted by molar-refractivity contribution is -0.0748. The van der Waals surface area contributed by atoms with Gasteiger partial charge in [0.25, 0.3) is 0 Å². The fraction of sp³-hybridized carbons (Fsp3) is 0.636. The number of esters is 1. The number of halogens is 1. The maximum Gasteiger partial charge on any atom is 0.410 e. The molecule has 1 aromatic rings. The number of piperidine rings is 1. The van der Waals surface area contributed by atoms with Gasteiger partial charge in [0.1, 0.15) is 34.7 Å². The molecule has 0 aliphatic carbocycles. The molecule has 172 valence electrons. The zero-order chi connectivity index (χ0) is 23.1. The molecule has 9 heteroatoms. The van der Waals surface area contributed by atoms with Crippen molar-refractivity contribution >= 4 is 29.4 Å². The van der Waals surface area contributed by atoms with E-state index in [1.165, 1.54) is 13.2 Å². The third-order valence-corrected chi connectivity index (χ3v) is 5.60. The quantitative estimate of drug-likeness (QED) is 0.547. The highest BCUT2D eigenvalue weighted by Crippen LogP contribution is 2.44. The van der Waals surface area contributed by atoms with Gasteiger partial charge >= 0.3 is 12.1 Å². The first kappa shape index (κ1) is 23.5. The largest absolute Gasteiger partial charge is 0.486 e. The first-order valence-corrected chi connectivity index (χ1v) is 10.7. The lowest BCUT2D eigenvalue weighted by Gasteiger charge is -2.37. The van der Waals surface area contributed by atoms with Crippen LogP contribution in [0.1, 0.15) is 57.0 Å². The zero-order valence-corrected chi connectivity index (χ0v) is 19.7. The third kappa shape index (κ3) is 5.18. The number of nitrogens with two attached hydrogens (primary N) is 1. The van der Waals surface area contributed by atoms with Gasteiger partial charge in [0.15, 0.2) is 0 Å². The number of hydrogen-bond donors (Lipinski definition) is 1. The predicted octanol–water partition coefficient (Wildman–Crippen LogP) is 3.82. The summed E-state index contributed by atoms with van der Waals surface area (Å²) in [5, 5.41) is 0.287. The second-order valence-electron chi connectivity index (χ2n) is 9.60. The number of fused-ring (bicyclic) bond motifs is 1. The van der Waals surface area contributed by atoms with Crippen molar-refractivity contribution in [1.29, 1.82) is 0 Å². The van der Waals surface area contributed by atoms with Gasteiger partial charge in [-0.25, -0.2) is 9.59 Å². The Morgan fingerprint density at radius 2 is 1.97 bits per heavy atom. The number of nitrogen functional groups attached to an aromatic ring is 1. The van der Waals surface area contributed by atoms with Gasteiger partial charge in [0.05, 0.1) is 17.3 Å². The van der Waals surface area contributed by atoms with Gasteiger partial charge in [-0.3, -0.25) is 0 Å². The van der Waals surface area contributed by atoms with Gasteiger partial charge in [-0.15, -0.1) is 0 Å². The summed E-state index contributed by atoms with van der Waals surface area (Å²) >= 11 is 6.27. The molecule has 0 radical (unpaired) electrons. The number of benzene rings is 1. The van der Waals surface area contributed by atoms with Gasteiger partial charge in [-0.05, 0) is 40.7 Å². The number of likely N-dealkylation sites (tertiary alicyclic amines) is 1.